The van der Waals surface area contributed by atoms with Crippen LogP contribution in [-0.4, -0.2) is 23.8 Å². The van der Waals surface area contributed by atoms with Crippen molar-refractivity contribution in [3.05, 3.63) is 89.5 Å². The molecule has 0 radical (unpaired) electrons. The highest BCUT2D eigenvalue weighted by molar-refractivity contribution is 6.12. The van der Waals surface area contributed by atoms with E-state index in [2.05, 4.69) is 5.32 Å². The van der Waals surface area contributed by atoms with Gasteiger partial charge in [0.25, 0.3) is 11.8 Å². The quantitative estimate of drug-likeness (QED) is 0.751. The highest BCUT2D eigenvalue weighted by atomic mass is 16.2. The molecule has 0 bridgehead atoms. The zero-order valence-corrected chi connectivity index (χ0v) is 14.8. The van der Waals surface area contributed by atoms with Gasteiger partial charge in [0.1, 0.15) is 6.17 Å². The molecule has 3 aromatic carbocycles. The number of fused-ring (bicyclic) bond motifs is 1. The standard InChI is InChI=1S/C22H19N3O2/c1-25-20(23)18-16(14-8-4-2-5-9-14)12-13-17(19(18)22(25)27)24-21(26)15-10-6-3-7-11-15/h2-13,20H,23H2,1H3,(H,24,26). The number of carbonyl (C=O) groups excluding carboxylic acids is 2. The van der Waals surface area contributed by atoms with Gasteiger partial charge in [0.05, 0.1) is 11.3 Å². The zero-order valence-electron chi connectivity index (χ0n) is 14.8. The van der Waals surface area contributed by atoms with E-state index in [9.17, 15) is 9.59 Å². The Morgan fingerprint density at radius 1 is 0.963 bits per heavy atom. The molecule has 0 aliphatic carbocycles. The molecule has 0 spiro atoms. The Morgan fingerprint density at radius 3 is 2.26 bits per heavy atom. The Hall–Kier alpha value is -3.44. The second-order valence-electron chi connectivity index (χ2n) is 6.50. The number of rotatable bonds is 3. The average molecular weight is 357 g/mol. The molecule has 0 saturated carbocycles. The first kappa shape index (κ1) is 17.0. The number of nitrogens with zero attached hydrogens (tertiary/aromatic N) is 1. The Bertz CT molecular complexity index is 1020. The van der Waals surface area contributed by atoms with Crippen molar-refractivity contribution in [1.29, 1.82) is 0 Å². The smallest absolute Gasteiger partial charge is 0.257 e. The van der Waals surface area contributed by atoms with Gasteiger partial charge in [0.15, 0.2) is 0 Å². The van der Waals surface area contributed by atoms with Crippen LogP contribution in [0.3, 0.4) is 0 Å². The first-order valence-corrected chi connectivity index (χ1v) is 8.69. The molecule has 1 aliphatic heterocycles. The van der Waals surface area contributed by atoms with Crippen LogP contribution in [0, 0.1) is 0 Å². The summed E-state index contributed by atoms with van der Waals surface area (Å²) in [5, 5.41) is 2.87. The summed E-state index contributed by atoms with van der Waals surface area (Å²) < 4.78 is 0. The summed E-state index contributed by atoms with van der Waals surface area (Å²) in [5.41, 5.74) is 10.4. The van der Waals surface area contributed by atoms with Crippen LogP contribution in [0.1, 0.15) is 32.4 Å². The molecule has 27 heavy (non-hydrogen) atoms. The lowest BCUT2D eigenvalue weighted by molar-refractivity contribution is 0.0778. The van der Waals surface area contributed by atoms with Gasteiger partial charge in [-0.1, -0.05) is 54.6 Å². The summed E-state index contributed by atoms with van der Waals surface area (Å²) >= 11 is 0. The minimum absolute atomic E-state index is 0.196. The molecular weight excluding hydrogens is 338 g/mol. The van der Waals surface area contributed by atoms with E-state index in [0.29, 0.717) is 16.8 Å². The van der Waals surface area contributed by atoms with E-state index < -0.39 is 6.17 Å². The van der Waals surface area contributed by atoms with E-state index >= 15 is 0 Å². The Balaban J connectivity index is 1.81. The van der Waals surface area contributed by atoms with E-state index in [0.717, 1.165) is 16.7 Å². The van der Waals surface area contributed by atoms with Gasteiger partial charge in [0.2, 0.25) is 0 Å². The predicted octanol–water partition coefficient (Wildman–Crippen LogP) is 3.65. The second-order valence-corrected chi connectivity index (χ2v) is 6.50. The molecule has 3 N–H and O–H groups in total. The number of benzene rings is 3. The van der Waals surface area contributed by atoms with E-state index in [1.54, 1.807) is 37.4 Å². The van der Waals surface area contributed by atoms with Crippen LogP contribution in [0.25, 0.3) is 11.1 Å². The van der Waals surface area contributed by atoms with Crippen LogP contribution in [0.4, 0.5) is 5.69 Å². The van der Waals surface area contributed by atoms with Crippen molar-refractivity contribution in [2.24, 2.45) is 5.73 Å². The predicted molar refractivity (Wildman–Crippen MR) is 105 cm³/mol. The zero-order chi connectivity index (χ0) is 19.0. The van der Waals surface area contributed by atoms with Gasteiger partial charge in [-0.2, -0.15) is 0 Å². The lowest BCUT2D eigenvalue weighted by Crippen LogP contribution is -2.28. The van der Waals surface area contributed by atoms with Crippen molar-refractivity contribution in [3.8, 4) is 11.1 Å². The lowest BCUT2D eigenvalue weighted by Gasteiger charge is -2.17. The molecule has 1 atom stereocenters. The number of nitrogens with two attached hydrogens (primary N) is 1. The molecule has 0 aromatic heterocycles. The fourth-order valence-electron chi connectivity index (χ4n) is 3.41. The molecular formula is C22H19N3O2. The number of amides is 2. The van der Waals surface area contributed by atoms with E-state index in [4.69, 9.17) is 5.73 Å². The molecule has 1 heterocycles. The van der Waals surface area contributed by atoms with E-state index in [-0.39, 0.29) is 11.8 Å². The van der Waals surface area contributed by atoms with Crippen molar-refractivity contribution < 1.29 is 9.59 Å². The van der Waals surface area contributed by atoms with Crippen molar-refractivity contribution in [3.63, 3.8) is 0 Å². The Kier molecular flexibility index (Phi) is 4.22. The maximum absolute atomic E-state index is 12.8. The minimum atomic E-state index is -0.559. The number of hydrogen-bond donors (Lipinski definition) is 2. The third kappa shape index (κ3) is 2.88. The van der Waals surface area contributed by atoms with Gasteiger partial charge in [-0.15, -0.1) is 0 Å². The minimum Gasteiger partial charge on any atom is -0.322 e. The normalized spacial score (nSPS) is 15.6. The second kappa shape index (κ2) is 6.70. The largest absolute Gasteiger partial charge is 0.322 e. The summed E-state index contributed by atoms with van der Waals surface area (Å²) in [6.45, 7) is 0. The summed E-state index contributed by atoms with van der Waals surface area (Å²) in [7, 11) is 1.67. The summed E-state index contributed by atoms with van der Waals surface area (Å²) in [4.78, 5) is 26.9. The van der Waals surface area contributed by atoms with Crippen molar-refractivity contribution in [2.75, 3.05) is 12.4 Å². The van der Waals surface area contributed by atoms with Gasteiger partial charge in [-0.25, -0.2) is 0 Å². The van der Waals surface area contributed by atoms with Gasteiger partial charge in [0, 0.05) is 18.2 Å². The first-order chi connectivity index (χ1) is 13.1. The highest BCUT2D eigenvalue weighted by Crippen LogP contribution is 2.40. The molecule has 0 saturated heterocycles. The van der Waals surface area contributed by atoms with Gasteiger partial charge < -0.3 is 16.0 Å². The van der Waals surface area contributed by atoms with Crippen LogP contribution >= 0.6 is 0 Å². The third-order valence-electron chi connectivity index (χ3n) is 4.86. The maximum atomic E-state index is 12.8. The molecule has 4 rings (SSSR count). The molecule has 1 aliphatic rings. The lowest BCUT2D eigenvalue weighted by atomic mass is 9.94. The number of anilines is 1. The average Bonchev–Trinajstić information content (AvgIpc) is 2.94. The van der Waals surface area contributed by atoms with Gasteiger partial charge in [-0.05, 0) is 29.3 Å². The molecule has 0 fully saturated rings. The SMILES string of the molecule is CN1C(=O)c2c(NC(=O)c3ccccc3)ccc(-c3ccccc3)c2C1N. The van der Waals surface area contributed by atoms with E-state index in [1.165, 1.54) is 4.90 Å². The molecule has 2 amide bonds. The van der Waals surface area contributed by atoms with E-state index in [1.807, 2.05) is 42.5 Å². The molecule has 1 unspecified atom stereocenters. The van der Waals surface area contributed by atoms with Crippen molar-refractivity contribution in [1.82, 2.24) is 4.90 Å². The first-order valence-electron chi connectivity index (χ1n) is 8.69. The molecule has 134 valence electrons. The fraction of sp³-hybridized carbons (Fsp3) is 0.0909. The maximum Gasteiger partial charge on any atom is 0.257 e. The summed E-state index contributed by atoms with van der Waals surface area (Å²) in [6.07, 6.45) is -0.559. The summed E-state index contributed by atoms with van der Waals surface area (Å²) in [6, 6.07) is 22.4. The van der Waals surface area contributed by atoms with Crippen LogP contribution < -0.4 is 11.1 Å². The fourth-order valence-corrected chi connectivity index (χ4v) is 3.41. The van der Waals surface area contributed by atoms with Crippen LogP contribution in [0.5, 0.6) is 0 Å². The number of hydrogen-bond acceptors (Lipinski definition) is 3. The Morgan fingerprint density at radius 2 is 1.59 bits per heavy atom. The Labute approximate surface area is 157 Å². The number of nitrogens with one attached hydrogen (secondary N) is 1. The monoisotopic (exact) mass is 357 g/mol. The molecule has 3 aromatic rings. The van der Waals surface area contributed by atoms with Crippen LogP contribution in [0.2, 0.25) is 0 Å². The van der Waals surface area contributed by atoms with Gasteiger partial charge in [-0.3, -0.25) is 9.59 Å². The highest BCUT2D eigenvalue weighted by Gasteiger charge is 2.36. The van der Waals surface area contributed by atoms with Crippen LogP contribution in [0.15, 0.2) is 72.8 Å². The van der Waals surface area contributed by atoms with Crippen molar-refractivity contribution >= 4 is 17.5 Å². The van der Waals surface area contributed by atoms with Crippen LogP contribution in [-0.2, 0) is 0 Å². The topological polar surface area (TPSA) is 75.4 Å². The number of carbonyl (C=O) groups is 2. The molecule has 5 heteroatoms. The van der Waals surface area contributed by atoms with Gasteiger partial charge >= 0.3 is 0 Å². The summed E-state index contributed by atoms with van der Waals surface area (Å²) in [5.74, 6) is -0.458. The van der Waals surface area contributed by atoms with Crippen molar-refractivity contribution in [2.45, 2.75) is 6.17 Å². The molecule has 5 nitrogen and oxygen atoms in total. The third-order valence-corrected chi connectivity index (χ3v) is 4.86.